The average Bonchev–Trinajstić information content (AvgIpc) is 3.01. The lowest BCUT2D eigenvalue weighted by molar-refractivity contribution is 0.0509. The molecule has 1 amide bonds. The summed E-state index contributed by atoms with van der Waals surface area (Å²) in [5.74, 6) is 0.889. The van der Waals surface area contributed by atoms with Crippen LogP contribution in [0.25, 0.3) is 11.3 Å². The Hall–Kier alpha value is -4.58. The molecule has 5 rings (SSSR count). The second-order valence-electron chi connectivity index (χ2n) is 14.5. The lowest BCUT2D eigenvalue weighted by atomic mass is 9.87. The maximum absolute atomic E-state index is 14.5. The number of benzene rings is 2. The summed E-state index contributed by atoms with van der Waals surface area (Å²) in [6.07, 6.45) is 2.28. The van der Waals surface area contributed by atoms with Crippen LogP contribution in [0.5, 0.6) is 5.88 Å². The van der Waals surface area contributed by atoms with Gasteiger partial charge in [0.2, 0.25) is 11.8 Å². The zero-order valence-electron chi connectivity index (χ0n) is 29.9. The van der Waals surface area contributed by atoms with E-state index in [2.05, 4.69) is 59.2 Å². The molecule has 0 radical (unpaired) electrons. The second-order valence-corrected chi connectivity index (χ2v) is 16.2. The van der Waals surface area contributed by atoms with Crippen molar-refractivity contribution in [3.63, 3.8) is 0 Å². The number of fused-ring (bicyclic) bond motifs is 4. The predicted molar refractivity (Wildman–Crippen MR) is 192 cm³/mol. The molecule has 49 heavy (non-hydrogen) atoms. The third-order valence-electron chi connectivity index (χ3n) is 8.34. The first kappa shape index (κ1) is 35.7. The molecule has 12 heteroatoms. The predicted octanol–water partition coefficient (Wildman–Crippen LogP) is 6.59. The molecule has 1 aliphatic heterocycles. The average molecular weight is 686 g/mol. The molecule has 0 saturated carbocycles. The number of aromatic nitrogens is 4. The van der Waals surface area contributed by atoms with E-state index in [0.29, 0.717) is 23.7 Å². The molecule has 1 N–H and O–H groups in total. The summed E-state index contributed by atoms with van der Waals surface area (Å²) >= 11 is 0. The molecular formula is C37H47N7O4S. The number of anilines is 2. The summed E-state index contributed by atoms with van der Waals surface area (Å²) in [6.45, 7) is 17.5. The standard InChI is InChI=1S/C37H47N7O4S/c1-23(2)20-43(9)34-26(5)38-19-28(39-34)21-44-29(18-37(6,7)8)22-48-32-17-31(33-24(3)12-10-13-25(33)4)40-36(41-32)42-49(46,47)30-15-11-14-27(16-30)35(44)45/h10-17,19,23,29H,18,20-22H2,1-9H3,(H,40,41,42). The SMILES string of the molecule is Cc1cccc(C)c1-c1cc2nc(n1)NS(=O)(=O)c1cccc(c1)C(=O)N(Cc1cnc(C)c(N(C)CC(C)C)n1)C(CC(C)(C)C)CO2. The topological polar surface area (TPSA) is 131 Å². The van der Waals surface area contributed by atoms with Gasteiger partial charge in [-0.15, -0.1) is 0 Å². The Bertz CT molecular complexity index is 1940. The summed E-state index contributed by atoms with van der Waals surface area (Å²) in [4.78, 5) is 37.0. The third-order valence-corrected chi connectivity index (χ3v) is 9.67. The minimum Gasteiger partial charge on any atom is -0.475 e. The molecule has 0 fully saturated rings. The minimum atomic E-state index is -4.18. The molecule has 260 valence electrons. The van der Waals surface area contributed by atoms with Crippen molar-refractivity contribution in [1.82, 2.24) is 24.8 Å². The van der Waals surface area contributed by atoms with Gasteiger partial charge in [-0.3, -0.25) is 9.78 Å². The minimum absolute atomic E-state index is 0.0822. The number of amides is 1. The Balaban J connectivity index is 1.66. The van der Waals surface area contributed by atoms with Gasteiger partial charge in [0.05, 0.1) is 40.8 Å². The van der Waals surface area contributed by atoms with Crippen LogP contribution in [-0.4, -0.2) is 65.4 Å². The molecular weight excluding hydrogens is 639 g/mol. The monoisotopic (exact) mass is 685 g/mol. The zero-order chi connectivity index (χ0) is 35.7. The molecule has 2 aromatic heterocycles. The Morgan fingerprint density at radius 3 is 2.39 bits per heavy atom. The Labute approximate surface area is 290 Å². The van der Waals surface area contributed by atoms with E-state index in [1.54, 1.807) is 29.3 Å². The summed E-state index contributed by atoms with van der Waals surface area (Å²) in [7, 11) is -2.19. The van der Waals surface area contributed by atoms with Gasteiger partial charge in [-0.05, 0) is 67.9 Å². The van der Waals surface area contributed by atoms with Crippen molar-refractivity contribution in [1.29, 1.82) is 0 Å². The van der Waals surface area contributed by atoms with Gasteiger partial charge in [-0.2, -0.15) is 4.98 Å². The molecule has 4 aromatic rings. The van der Waals surface area contributed by atoms with E-state index in [1.807, 2.05) is 46.0 Å². The number of hydrogen-bond acceptors (Lipinski definition) is 9. The van der Waals surface area contributed by atoms with Gasteiger partial charge < -0.3 is 14.5 Å². The van der Waals surface area contributed by atoms with E-state index in [1.165, 1.54) is 12.1 Å². The molecule has 3 heterocycles. The van der Waals surface area contributed by atoms with Crippen LogP contribution in [0.15, 0.2) is 59.6 Å². The fourth-order valence-corrected chi connectivity index (χ4v) is 7.26. The van der Waals surface area contributed by atoms with E-state index >= 15 is 0 Å². The first-order valence-corrected chi connectivity index (χ1v) is 18.0. The van der Waals surface area contributed by atoms with E-state index in [-0.39, 0.29) is 46.8 Å². The number of carbonyl (C=O) groups is 1. The van der Waals surface area contributed by atoms with Crippen LogP contribution in [0.3, 0.4) is 0 Å². The Morgan fingerprint density at radius 2 is 1.71 bits per heavy atom. The number of hydrogen-bond donors (Lipinski definition) is 1. The molecule has 1 atom stereocenters. The van der Waals surface area contributed by atoms with E-state index in [9.17, 15) is 13.2 Å². The summed E-state index contributed by atoms with van der Waals surface area (Å²) in [5, 5.41) is 0. The Kier molecular flexibility index (Phi) is 10.3. The fraction of sp³-hybridized carbons (Fsp3) is 0.432. The van der Waals surface area contributed by atoms with Gasteiger partial charge in [0.25, 0.3) is 15.9 Å². The van der Waals surface area contributed by atoms with Crippen LogP contribution >= 0.6 is 0 Å². The maximum atomic E-state index is 14.5. The van der Waals surface area contributed by atoms with Gasteiger partial charge in [-0.1, -0.05) is 58.9 Å². The molecule has 1 unspecified atom stereocenters. The first-order chi connectivity index (χ1) is 23.0. The second kappa shape index (κ2) is 14.1. The number of aryl methyl sites for hydroxylation is 3. The highest BCUT2D eigenvalue weighted by atomic mass is 32.2. The number of carbonyl (C=O) groups excluding carboxylic acids is 1. The van der Waals surface area contributed by atoms with Crippen LogP contribution in [0.1, 0.15) is 73.9 Å². The largest absolute Gasteiger partial charge is 0.475 e. The lowest BCUT2D eigenvalue weighted by Crippen LogP contribution is -2.45. The van der Waals surface area contributed by atoms with Gasteiger partial charge in [0, 0.05) is 30.8 Å². The molecule has 0 spiro atoms. The van der Waals surface area contributed by atoms with E-state index < -0.39 is 16.1 Å². The molecule has 2 aromatic carbocycles. The maximum Gasteiger partial charge on any atom is 0.264 e. The van der Waals surface area contributed by atoms with Crippen LogP contribution in [-0.2, 0) is 16.6 Å². The summed E-state index contributed by atoms with van der Waals surface area (Å²) in [6, 6.07) is 13.2. The van der Waals surface area contributed by atoms with Crippen molar-refractivity contribution < 1.29 is 17.9 Å². The zero-order valence-corrected chi connectivity index (χ0v) is 30.7. The van der Waals surface area contributed by atoms with Gasteiger partial charge >= 0.3 is 0 Å². The molecule has 11 nitrogen and oxygen atoms in total. The number of sulfonamides is 1. The first-order valence-electron chi connectivity index (χ1n) is 16.6. The summed E-state index contributed by atoms with van der Waals surface area (Å²) < 4.78 is 36.4. The van der Waals surface area contributed by atoms with Gasteiger partial charge in [0.15, 0.2) is 0 Å². The molecule has 0 saturated heterocycles. The van der Waals surface area contributed by atoms with Crippen molar-refractivity contribution in [2.45, 2.75) is 79.3 Å². The van der Waals surface area contributed by atoms with Crippen LogP contribution < -0.4 is 14.4 Å². The van der Waals surface area contributed by atoms with Crippen molar-refractivity contribution in [3.8, 4) is 17.1 Å². The van der Waals surface area contributed by atoms with E-state index in [4.69, 9.17) is 9.72 Å². The number of rotatable bonds is 7. The van der Waals surface area contributed by atoms with Gasteiger partial charge in [-0.25, -0.2) is 23.1 Å². The molecule has 1 aliphatic rings. The smallest absolute Gasteiger partial charge is 0.264 e. The van der Waals surface area contributed by atoms with Gasteiger partial charge in [0.1, 0.15) is 12.4 Å². The Morgan fingerprint density at radius 1 is 1.02 bits per heavy atom. The van der Waals surface area contributed by atoms with Crippen molar-refractivity contribution in [2.75, 3.05) is 29.8 Å². The van der Waals surface area contributed by atoms with Crippen molar-refractivity contribution in [3.05, 3.63) is 82.8 Å². The summed E-state index contributed by atoms with van der Waals surface area (Å²) in [5.41, 5.74) is 4.77. The van der Waals surface area contributed by atoms with Crippen molar-refractivity contribution in [2.24, 2.45) is 11.3 Å². The van der Waals surface area contributed by atoms with Crippen LogP contribution in [0.2, 0.25) is 0 Å². The normalized spacial score (nSPS) is 16.2. The van der Waals surface area contributed by atoms with E-state index in [0.717, 1.165) is 34.7 Å². The number of ether oxygens (including phenoxy) is 1. The highest BCUT2D eigenvalue weighted by Crippen LogP contribution is 2.32. The lowest BCUT2D eigenvalue weighted by Gasteiger charge is -2.35. The van der Waals surface area contributed by atoms with Crippen molar-refractivity contribution >= 4 is 27.7 Å². The fourth-order valence-electron chi connectivity index (χ4n) is 6.27. The van der Waals surface area contributed by atoms with Crippen LogP contribution in [0.4, 0.5) is 11.8 Å². The van der Waals surface area contributed by atoms with Crippen LogP contribution in [0, 0.1) is 32.1 Å². The molecule has 0 aliphatic carbocycles. The third kappa shape index (κ3) is 8.54. The quantitative estimate of drug-likeness (QED) is 0.229. The number of nitrogens with one attached hydrogen (secondary N) is 1. The highest BCUT2D eigenvalue weighted by Gasteiger charge is 2.32. The molecule has 4 bridgehead atoms. The highest BCUT2D eigenvalue weighted by molar-refractivity contribution is 7.92. The number of nitrogens with zero attached hydrogens (tertiary/aromatic N) is 6.